The summed E-state index contributed by atoms with van der Waals surface area (Å²) in [6.45, 7) is 2.18. The van der Waals surface area contributed by atoms with E-state index >= 15 is 0 Å². The van der Waals surface area contributed by atoms with Crippen LogP contribution in [-0.4, -0.2) is 72.5 Å². The minimum atomic E-state index is -0.387. The number of nitrogens with zero attached hydrogens (tertiary/aromatic N) is 2. The van der Waals surface area contributed by atoms with Gasteiger partial charge >= 0.3 is 0 Å². The van der Waals surface area contributed by atoms with Gasteiger partial charge in [0.2, 0.25) is 5.91 Å². The van der Waals surface area contributed by atoms with Gasteiger partial charge in [0.25, 0.3) is 5.91 Å². The number of carbonyl (C=O) groups is 2. The second-order valence-corrected chi connectivity index (χ2v) is 5.58. The maximum absolute atomic E-state index is 12.3. The van der Waals surface area contributed by atoms with Gasteiger partial charge in [-0.05, 0) is 13.1 Å². The first kappa shape index (κ1) is 15.8. The Labute approximate surface area is 128 Å². The molecule has 3 N–H and O–H groups in total. The van der Waals surface area contributed by atoms with Crippen molar-refractivity contribution in [3.8, 4) is 0 Å². The zero-order chi connectivity index (χ0) is 15.4. The lowest BCUT2D eigenvalue weighted by molar-refractivity contribution is -0.119. The fourth-order valence-electron chi connectivity index (χ4n) is 2.35. The van der Waals surface area contributed by atoms with Crippen LogP contribution in [0.2, 0.25) is 5.02 Å². The van der Waals surface area contributed by atoms with Gasteiger partial charge < -0.3 is 20.4 Å². The molecule has 1 unspecified atom stereocenters. The molecule has 0 radical (unpaired) electrons. The van der Waals surface area contributed by atoms with Crippen molar-refractivity contribution in [1.29, 1.82) is 0 Å². The van der Waals surface area contributed by atoms with Crippen LogP contribution in [0.4, 0.5) is 0 Å². The van der Waals surface area contributed by atoms with E-state index in [-0.39, 0.29) is 24.5 Å². The van der Waals surface area contributed by atoms with Gasteiger partial charge in [-0.3, -0.25) is 14.5 Å². The first-order valence-electron chi connectivity index (χ1n) is 6.67. The zero-order valence-corrected chi connectivity index (χ0v) is 12.6. The number of halogens is 1. The van der Waals surface area contributed by atoms with Crippen molar-refractivity contribution in [1.82, 2.24) is 14.8 Å². The molecule has 0 saturated carbocycles. The third-order valence-electron chi connectivity index (χ3n) is 3.25. The Morgan fingerprint density at radius 1 is 1.62 bits per heavy atom. The summed E-state index contributed by atoms with van der Waals surface area (Å²) in [5, 5.41) is 0.504. The van der Waals surface area contributed by atoms with Gasteiger partial charge in [0, 0.05) is 25.8 Å². The molecule has 2 rings (SSSR count). The van der Waals surface area contributed by atoms with Crippen molar-refractivity contribution >= 4 is 23.4 Å². The van der Waals surface area contributed by atoms with Gasteiger partial charge in [-0.1, -0.05) is 11.6 Å². The lowest BCUT2D eigenvalue weighted by Crippen LogP contribution is -2.50. The Kier molecular flexibility index (Phi) is 5.22. The van der Waals surface area contributed by atoms with Gasteiger partial charge in [0.15, 0.2) is 0 Å². The van der Waals surface area contributed by atoms with Gasteiger partial charge in [0.05, 0.1) is 24.3 Å². The summed E-state index contributed by atoms with van der Waals surface area (Å²) in [7, 11) is 1.79. The molecule has 1 atom stereocenters. The molecule has 7 nitrogen and oxygen atoms in total. The molecule has 0 aliphatic carbocycles. The molecule has 1 aromatic rings. The summed E-state index contributed by atoms with van der Waals surface area (Å²) in [5.74, 6) is -0.491. The Morgan fingerprint density at radius 3 is 3.00 bits per heavy atom. The number of rotatable bonds is 5. The van der Waals surface area contributed by atoms with E-state index in [1.54, 1.807) is 29.1 Å². The minimum Gasteiger partial charge on any atom is -0.373 e. The van der Waals surface area contributed by atoms with E-state index in [2.05, 4.69) is 4.98 Å². The highest BCUT2D eigenvalue weighted by Gasteiger charge is 2.26. The topological polar surface area (TPSA) is 91.7 Å². The number of nitrogens with one attached hydrogen (secondary N) is 1. The predicted molar refractivity (Wildman–Crippen MR) is 78.1 cm³/mol. The molecule has 1 aromatic heterocycles. The highest BCUT2D eigenvalue weighted by atomic mass is 35.5. The third kappa shape index (κ3) is 4.45. The molecule has 0 aromatic carbocycles. The highest BCUT2D eigenvalue weighted by molar-refractivity contribution is 6.30. The van der Waals surface area contributed by atoms with Crippen LogP contribution in [-0.2, 0) is 9.53 Å². The van der Waals surface area contributed by atoms with Crippen LogP contribution < -0.4 is 5.73 Å². The van der Waals surface area contributed by atoms with E-state index in [9.17, 15) is 9.59 Å². The molecule has 0 spiro atoms. The number of primary amides is 1. The van der Waals surface area contributed by atoms with Crippen molar-refractivity contribution < 1.29 is 14.3 Å². The number of aromatic amines is 1. The maximum Gasteiger partial charge on any atom is 0.270 e. The number of hydrogen-bond acceptors (Lipinski definition) is 4. The number of amides is 2. The van der Waals surface area contributed by atoms with Crippen molar-refractivity contribution in [2.75, 3.05) is 39.8 Å². The Bertz CT molecular complexity index is 519. The molecule has 1 aliphatic rings. The maximum atomic E-state index is 12.3. The third-order valence-corrected chi connectivity index (χ3v) is 3.46. The first-order valence-corrected chi connectivity index (χ1v) is 7.05. The predicted octanol–water partition coefficient (Wildman–Crippen LogP) is -0.0738. The second kappa shape index (κ2) is 6.93. The van der Waals surface area contributed by atoms with Crippen LogP contribution >= 0.6 is 11.6 Å². The van der Waals surface area contributed by atoms with E-state index in [0.717, 1.165) is 0 Å². The normalized spacial score (nSPS) is 19.0. The largest absolute Gasteiger partial charge is 0.373 e. The minimum absolute atomic E-state index is 0.104. The standard InChI is InChI=1S/C13H19ClN4O3/c1-17(8-12(15)19)6-10-7-18(2-3-21-10)13(20)11-4-9(14)5-16-11/h4-5,10,16H,2-3,6-8H2,1H3,(H2,15,19). The molecule has 1 aliphatic heterocycles. The molecule has 2 amide bonds. The number of H-pyrrole nitrogens is 1. The van der Waals surface area contributed by atoms with Crippen molar-refractivity contribution in [2.45, 2.75) is 6.10 Å². The summed E-state index contributed by atoms with van der Waals surface area (Å²) in [6.07, 6.45) is 1.44. The number of hydrogen-bond donors (Lipinski definition) is 2. The van der Waals surface area contributed by atoms with Gasteiger partial charge in [-0.25, -0.2) is 0 Å². The van der Waals surface area contributed by atoms with E-state index in [1.807, 2.05) is 0 Å². The van der Waals surface area contributed by atoms with Gasteiger partial charge in [-0.2, -0.15) is 0 Å². The Morgan fingerprint density at radius 2 is 2.38 bits per heavy atom. The van der Waals surface area contributed by atoms with E-state index in [1.165, 1.54) is 0 Å². The quantitative estimate of drug-likeness (QED) is 0.795. The Hall–Kier alpha value is -1.57. The van der Waals surface area contributed by atoms with Crippen molar-refractivity contribution in [2.24, 2.45) is 5.73 Å². The van der Waals surface area contributed by atoms with Crippen LogP contribution in [0.25, 0.3) is 0 Å². The van der Waals surface area contributed by atoms with Crippen LogP contribution in [0.15, 0.2) is 12.3 Å². The van der Waals surface area contributed by atoms with Crippen LogP contribution in [0.3, 0.4) is 0 Å². The summed E-state index contributed by atoms with van der Waals surface area (Å²) >= 11 is 5.81. The molecule has 116 valence electrons. The van der Waals surface area contributed by atoms with E-state index in [4.69, 9.17) is 22.1 Å². The number of aromatic nitrogens is 1. The molecule has 21 heavy (non-hydrogen) atoms. The van der Waals surface area contributed by atoms with E-state index in [0.29, 0.717) is 37.0 Å². The first-order chi connectivity index (χ1) is 9.95. The molecule has 8 heteroatoms. The van der Waals surface area contributed by atoms with Crippen LogP contribution in [0, 0.1) is 0 Å². The number of morpholine rings is 1. The monoisotopic (exact) mass is 314 g/mol. The smallest absolute Gasteiger partial charge is 0.270 e. The highest BCUT2D eigenvalue weighted by Crippen LogP contribution is 2.14. The SMILES string of the molecule is CN(CC(N)=O)CC1CN(C(=O)c2cc(Cl)c[nH]2)CCO1. The fraction of sp³-hybridized carbons (Fsp3) is 0.538. The number of nitrogens with two attached hydrogens (primary N) is 1. The zero-order valence-electron chi connectivity index (χ0n) is 11.8. The lowest BCUT2D eigenvalue weighted by atomic mass is 10.2. The summed E-state index contributed by atoms with van der Waals surface area (Å²) < 4.78 is 5.63. The van der Waals surface area contributed by atoms with Crippen molar-refractivity contribution in [3.05, 3.63) is 23.0 Å². The van der Waals surface area contributed by atoms with Crippen LogP contribution in [0.1, 0.15) is 10.5 Å². The number of likely N-dealkylation sites (N-methyl/N-ethyl adjacent to an activating group) is 1. The van der Waals surface area contributed by atoms with Crippen LogP contribution in [0.5, 0.6) is 0 Å². The van der Waals surface area contributed by atoms with Crippen molar-refractivity contribution in [3.63, 3.8) is 0 Å². The number of carbonyl (C=O) groups excluding carboxylic acids is 2. The average Bonchev–Trinajstić information content (AvgIpc) is 2.84. The molecule has 0 bridgehead atoms. The average molecular weight is 315 g/mol. The van der Waals surface area contributed by atoms with Gasteiger partial charge in [-0.15, -0.1) is 0 Å². The molecular formula is C13H19ClN4O3. The van der Waals surface area contributed by atoms with Gasteiger partial charge in [0.1, 0.15) is 5.69 Å². The Balaban J connectivity index is 1.91. The molecular weight excluding hydrogens is 296 g/mol. The van der Waals surface area contributed by atoms with E-state index < -0.39 is 0 Å². The summed E-state index contributed by atoms with van der Waals surface area (Å²) in [4.78, 5) is 29.5. The summed E-state index contributed by atoms with van der Waals surface area (Å²) in [6, 6.07) is 1.60. The second-order valence-electron chi connectivity index (χ2n) is 5.14. The fourth-order valence-corrected chi connectivity index (χ4v) is 2.52. The number of ether oxygens (including phenoxy) is 1. The molecule has 1 fully saturated rings. The molecule has 1 saturated heterocycles. The summed E-state index contributed by atoms with van der Waals surface area (Å²) in [5.41, 5.74) is 5.61. The lowest BCUT2D eigenvalue weighted by Gasteiger charge is -2.34. The molecule has 2 heterocycles.